The van der Waals surface area contributed by atoms with Crippen LogP contribution in [0.15, 0.2) is 12.4 Å². The van der Waals surface area contributed by atoms with Gasteiger partial charge in [0.1, 0.15) is 18.4 Å². The summed E-state index contributed by atoms with van der Waals surface area (Å²) >= 11 is 0. The van der Waals surface area contributed by atoms with Crippen LogP contribution >= 0.6 is 0 Å². The molecule has 96 valence electrons. The Balaban J connectivity index is 2.23. The Labute approximate surface area is 102 Å². The molecule has 2 rings (SSSR count). The summed E-state index contributed by atoms with van der Waals surface area (Å²) in [6, 6.07) is -0.653. The highest BCUT2D eigenvalue weighted by Crippen LogP contribution is 2.22. The average molecular weight is 252 g/mol. The van der Waals surface area contributed by atoms with Crippen LogP contribution in [0.3, 0.4) is 0 Å². The molecule has 1 fully saturated rings. The molecule has 18 heavy (non-hydrogen) atoms. The van der Waals surface area contributed by atoms with Crippen molar-refractivity contribution in [3.63, 3.8) is 0 Å². The number of anilines is 1. The van der Waals surface area contributed by atoms with Gasteiger partial charge < -0.3 is 10.0 Å². The number of hydrogen-bond acceptors (Lipinski definition) is 6. The summed E-state index contributed by atoms with van der Waals surface area (Å²) < 4.78 is 0. The van der Waals surface area contributed by atoms with Crippen LogP contribution in [0.5, 0.6) is 0 Å². The molecule has 1 N–H and O–H groups in total. The third kappa shape index (κ3) is 2.36. The maximum absolute atomic E-state index is 11.1. The molecule has 8 nitrogen and oxygen atoms in total. The Bertz CT molecular complexity index is 461. The molecule has 0 amide bonds. The van der Waals surface area contributed by atoms with Crippen LogP contribution in [0.2, 0.25) is 0 Å². The lowest BCUT2D eigenvalue weighted by Gasteiger charge is -2.32. The molecule has 1 unspecified atom stereocenters. The first kappa shape index (κ1) is 12.2. The average Bonchev–Trinajstić information content (AvgIpc) is 2.39. The predicted octanol–water partition coefficient (Wildman–Crippen LogP) is 0.828. The molecule has 1 aliphatic rings. The van der Waals surface area contributed by atoms with Crippen molar-refractivity contribution >= 4 is 17.6 Å². The second kappa shape index (κ2) is 4.94. The number of nitrogens with zero attached hydrogens (tertiary/aromatic N) is 4. The number of piperidine rings is 1. The van der Waals surface area contributed by atoms with Crippen LogP contribution < -0.4 is 4.90 Å². The number of rotatable bonds is 3. The molecule has 0 bridgehead atoms. The molecule has 1 aromatic rings. The molecule has 0 aromatic carbocycles. The lowest BCUT2D eigenvalue weighted by molar-refractivity contribution is -0.385. The van der Waals surface area contributed by atoms with E-state index in [-0.39, 0.29) is 11.6 Å². The minimum Gasteiger partial charge on any atom is -0.480 e. The minimum atomic E-state index is -0.920. The van der Waals surface area contributed by atoms with E-state index in [0.717, 1.165) is 25.2 Å². The number of carbonyl (C=O) groups is 1. The van der Waals surface area contributed by atoms with Crippen molar-refractivity contribution in [3.05, 3.63) is 22.5 Å². The quantitative estimate of drug-likeness (QED) is 0.626. The van der Waals surface area contributed by atoms with Gasteiger partial charge in [-0.3, -0.25) is 10.1 Å². The molecular formula is C10H12N4O4. The van der Waals surface area contributed by atoms with E-state index in [0.29, 0.717) is 13.0 Å². The molecular weight excluding hydrogens is 240 g/mol. The molecule has 8 heteroatoms. The highest BCUT2D eigenvalue weighted by atomic mass is 16.6. The van der Waals surface area contributed by atoms with E-state index < -0.39 is 16.9 Å². The number of carboxylic acid groups (broad SMARTS) is 1. The van der Waals surface area contributed by atoms with Crippen molar-refractivity contribution in [2.75, 3.05) is 11.4 Å². The first-order chi connectivity index (χ1) is 8.59. The summed E-state index contributed by atoms with van der Waals surface area (Å²) in [7, 11) is 0. The van der Waals surface area contributed by atoms with E-state index >= 15 is 0 Å². The van der Waals surface area contributed by atoms with Crippen LogP contribution in [-0.2, 0) is 4.79 Å². The van der Waals surface area contributed by atoms with Crippen LogP contribution in [-0.4, -0.2) is 38.6 Å². The number of carboxylic acids is 1. The van der Waals surface area contributed by atoms with Crippen LogP contribution in [0, 0.1) is 10.1 Å². The largest absolute Gasteiger partial charge is 0.480 e. The zero-order valence-corrected chi connectivity index (χ0v) is 9.52. The number of hydrogen-bond donors (Lipinski definition) is 1. The van der Waals surface area contributed by atoms with Crippen LogP contribution in [0.1, 0.15) is 19.3 Å². The highest BCUT2D eigenvalue weighted by molar-refractivity contribution is 5.77. The van der Waals surface area contributed by atoms with E-state index in [9.17, 15) is 14.9 Å². The van der Waals surface area contributed by atoms with E-state index in [2.05, 4.69) is 9.97 Å². The fourth-order valence-electron chi connectivity index (χ4n) is 1.98. The van der Waals surface area contributed by atoms with Gasteiger partial charge in [0.2, 0.25) is 5.95 Å². The lowest BCUT2D eigenvalue weighted by atomic mass is 10.0. The zero-order chi connectivity index (χ0) is 13.1. The maximum atomic E-state index is 11.1. The highest BCUT2D eigenvalue weighted by Gasteiger charge is 2.30. The lowest BCUT2D eigenvalue weighted by Crippen LogP contribution is -2.45. The van der Waals surface area contributed by atoms with Crippen molar-refractivity contribution in [2.24, 2.45) is 0 Å². The van der Waals surface area contributed by atoms with Gasteiger partial charge in [-0.25, -0.2) is 14.8 Å². The summed E-state index contributed by atoms with van der Waals surface area (Å²) in [6.07, 6.45) is 4.44. The van der Waals surface area contributed by atoms with Crippen LogP contribution in [0.25, 0.3) is 0 Å². The number of nitro groups is 1. The van der Waals surface area contributed by atoms with Crippen molar-refractivity contribution in [3.8, 4) is 0 Å². The maximum Gasteiger partial charge on any atom is 0.326 e. The molecule has 0 saturated carbocycles. The summed E-state index contributed by atoms with van der Waals surface area (Å²) in [5, 5.41) is 19.6. The van der Waals surface area contributed by atoms with Gasteiger partial charge in [-0.15, -0.1) is 0 Å². The minimum absolute atomic E-state index is 0.206. The van der Waals surface area contributed by atoms with Gasteiger partial charge >= 0.3 is 11.7 Å². The van der Waals surface area contributed by atoms with E-state index in [1.165, 1.54) is 0 Å². The van der Waals surface area contributed by atoms with Crippen LogP contribution in [0.4, 0.5) is 11.6 Å². The second-order valence-corrected chi connectivity index (χ2v) is 4.04. The molecule has 1 saturated heterocycles. The third-order valence-corrected chi connectivity index (χ3v) is 2.88. The van der Waals surface area contributed by atoms with Gasteiger partial charge in [-0.1, -0.05) is 0 Å². The second-order valence-electron chi connectivity index (χ2n) is 4.04. The fourth-order valence-corrected chi connectivity index (χ4v) is 1.98. The topological polar surface area (TPSA) is 109 Å². The van der Waals surface area contributed by atoms with Gasteiger partial charge in [-0.2, -0.15) is 0 Å². The summed E-state index contributed by atoms with van der Waals surface area (Å²) in [4.78, 5) is 30.3. The zero-order valence-electron chi connectivity index (χ0n) is 9.52. The molecule has 1 atom stereocenters. The molecule has 0 aliphatic carbocycles. The van der Waals surface area contributed by atoms with Gasteiger partial charge in [0, 0.05) is 6.54 Å². The third-order valence-electron chi connectivity index (χ3n) is 2.88. The van der Waals surface area contributed by atoms with E-state index in [1.54, 1.807) is 4.90 Å². The van der Waals surface area contributed by atoms with E-state index in [4.69, 9.17) is 5.11 Å². The fraction of sp³-hybridized carbons (Fsp3) is 0.500. The summed E-state index contributed by atoms with van der Waals surface area (Å²) in [6.45, 7) is 0.550. The molecule has 1 aliphatic heterocycles. The van der Waals surface area contributed by atoms with Gasteiger partial charge in [-0.05, 0) is 19.3 Å². The van der Waals surface area contributed by atoms with Gasteiger partial charge in [0.15, 0.2) is 0 Å². The Morgan fingerprint density at radius 1 is 1.44 bits per heavy atom. The molecule has 0 radical (unpaired) electrons. The van der Waals surface area contributed by atoms with Crippen molar-refractivity contribution < 1.29 is 14.8 Å². The Morgan fingerprint density at radius 2 is 2.11 bits per heavy atom. The monoisotopic (exact) mass is 252 g/mol. The van der Waals surface area contributed by atoms with Crippen molar-refractivity contribution in [1.29, 1.82) is 0 Å². The first-order valence-electron chi connectivity index (χ1n) is 5.55. The van der Waals surface area contributed by atoms with Gasteiger partial charge in [0.05, 0.1) is 4.92 Å². The number of aliphatic carboxylic acids is 1. The van der Waals surface area contributed by atoms with Gasteiger partial charge in [0.25, 0.3) is 0 Å². The Kier molecular flexibility index (Phi) is 3.35. The Hall–Kier alpha value is -2.25. The van der Waals surface area contributed by atoms with Crippen molar-refractivity contribution in [1.82, 2.24) is 9.97 Å². The molecule has 0 spiro atoms. The molecule has 2 heterocycles. The Morgan fingerprint density at radius 3 is 2.67 bits per heavy atom. The van der Waals surface area contributed by atoms with E-state index in [1.807, 2.05) is 0 Å². The SMILES string of the molecule is O=C(O)C1CCCCN1c1ncc([N+](=O)[O-])cn1. The first-order valence-corrected chi connectivity index (χ1v) is 5.55. The molecule has 1 aromatic heterocycles. The summed E-state index contributed by atoms with van der Waals surface area (Å²) in [5.41, 5.74) is -0.206. The standard InChI is InChI=1S/C10H12N4O4/c15-9(16)8-3-1-2-4-13(8)10-11-5-7(6-12-10)14(17)18/h5-6,8H,1-4H2,(H,15,16). The normalized spacial score (nSPS) is 19.6. The predicted molar refractivity (Wildman–Crippen MR) is 61.3 cm³/mol. The number of aromatic nitrogens is 2. The summed E-state index contributed by atoms with van der Waals surface area (Å²) in [5.74, 6) is -0.690. The smallest absolute Gasteiger partial charge is 0.326 e. The van der Waals surface area contributed by atoms with Crippen molar-refractivity contribution in [2.45, 2.75) is 25.3 Å².